The largest absolute Gasteiger partial charge is 0.355 e. The average Bonchev–Trinajstić information content (AvgIpc) is 2.56. The first kappa shape index (κ1) is 19.2. The van der Waals surface area contributed by atoms with Crippen LogP contribution in [0.4, 0.5) is 0 Å². The molecule has 1 amide bonds. The summed E-state index contributed by atoms with van der Waals surface area (Å²) in [6.07, 6.45) is 0.553. The minimum atomic E-state index is 0.123. The van der Waals surface area contributed by atoms with Crippen LogP contribution in [0.15, 0.2) is 53.4 Å². The molecule has 0 unspecified atom stereocenters. The number of thioether (sulfide) groups is 2. The molecule has 0 aliphatic heterocycles. The van der Waals surface area contributed by atoms with Crippen molar-refractivity contribution >= 4 is 41.0 Å². The molecule has 2 rings (SSSR count). The van der Waals surface area contributed by atoms with Crippen molar-refractivity contribution in [3.63, 3.8) is 0 Å². The van der Waals surface area contributed by atoms with Gasteiger partial charge in [-0.3, -0.25) is 4.79 Å². The van der Waals surface area contributed by atoms with Crippen molar-refractivity contribution in [2.24, 2.45) is 0 Å². The van der Waals surface area contributed by atoms with E-state index in [-0.39, 0.29) is 5.91 Å². The number of halogens is 1. The number of nitrogens with one attached hydrogen (secondary N) is 1. The molecule has 128 valence electrons. The molecule has 0 aliphatic carbocycles. The van der Waals surface area contributed by atoms with Crippen LogP contribution < -0.4 is 5.32 Å². The van der Waals surface area contributed by atoms with E-state index in [0.717, 1.165) is 22.3 Å². The van der Waals surface area contributed by atoms with E-state index < -0.39 is 0 Å². The third kappa shape index (κ3) is 7.65. The molecule has 0 aromatic heterocycles. The highest BCUT2D eigenvalue weighted by Gasteiger charge is 2.02. The fraction of sp³-hybridized carbons (Fsp3) is 0.316. The number of hydrogen-bond donors (Lipinski definition) is 1. The molecule has 0 saturated carbocycles. The zero-order chi connectivity index (χ0) is 17.2. The highest BCUT2D eigenvalue weighted by Crippen LogP contribution is 2.19. The Morgan fingerprint density at radius 3 is 2.67 bits per heavy atom. The van der Waals surface area contributed by atoms with Gasteiger partial charge in [-0.15, -0.1) is 11.8 Å². The monoisotopic (exact) mass is 379 g/mol. The van der Waals surface area contributed by atoms with Crippen molar-refractivity contribution in [3.8, 4) is 0 Å². The van der Waals surface area contributed by atoms with Gasteiger partial charge in [0.25, 0.3) is 0 Å². The lowest BCUT2D eigenvalue weighted by Crippen LogP contribution is -2.25. The highest BCUT2D eigenvalue weighted by molar-refractivity contribution is 7.99. The summed E-state index contributed by atoms with van der Waals surface area (Å²) in [5.74, 6) is 2.76. The zero-order valence-electron chi connectivity index (χ0n) is 13.8. The van der Waals surface area contributed by atoms with Crippen molar-refractivity contribution in [2.45, 2.75) is 24.0 Å². The Morgan fingerprint density at radius 2 is 1.92 bits per heavy atom. The van der Waals surface area contributed by atoms with Gasteiger partial charge in [0.1, 0.15) is 0 Å². The van der Waals surface area contributed by atoms with E-state index in [1.807, 2.05) is 18.2 Å². The molecule has 2 aromatic carbocycles. The third-order valence-corrected chi connectivity index (χ3v) is 5.62. The van der Waals surface area contributed by atoms with E-state index in [9.17, 15) is 4.79 Å². The number of aryl methyl sites for hydroxylation is 1. The zero-order valence-corrected chi connectivity index (χ0v) is 16.1. The molecule has 0 atom stereocenters. The minimum absolute atomic E-state index is 0.123. The Kier molecular flexibility index (Phi) is 8.57. The maximum absolute atomic E-state index is 11.8. The molecular weight excluding hydrogens is 358 g/mol. The molecule has 2 aromatic rings. The van der Waals surface area contributed by atoms with Gasteiger partial charge >= 0.3 is 0 Å². The van der Waals surface area contributed by atoms with Gasteiger partial charge in [0.15, 0.2) is 0 Å². The van der Waals surface area contributed by atoms with Crippen LogP contribution in [-0.4, -0.2) is 24.0 Å². The van der Waals surface area contributed by atoms with Crippen LogP contribution in [0.25, 0.3) is 0 Å². The van der Waals surface area contributed by atoms with Crippen molar-refractivity contribution < 1.29 is 4.79 Å². The average molecular weight is 380 g/mol. The molecule has 5 heteroatoms. The van der Waals surface area contributed by atoms with Crippen molar-refractivity contribution in [1.29, 1.82) is 0 Å². The van der Waals surface area contributed by atoms with Crippen LogP contribution >= 0.6 is 35.1 Å². The smallest absolute Gasteiger partial charge is 0.220 e. The second kappa shape index (κ2) is 10.7. The van der Waals surface area contributed by atoms with E-state index in [2.05, 4.69) is 42.6 Å². The Hall–Kier alpha value is -1.10. The summed E-state index contributed by atoms with van der Waals surface area (Å²) in [7, 11) is 0. The lowest BCUT2D eigenvalue weighted by molar-refractivity contribution is -0.120. The molecule has 1 N–H and O–H groups in total. The van der Waals surface area contributed by atoms with E-state index in [1.54, 1.807) is 23.5 Å². The number of hydrogen-bond acceptors (Lipinski definition) is 3. The maximum atomic E-state index is 11.8. The van der Waals surface area contributed by atoms with E-state index >= 15 is 0 Å². The summed E-state index contributed by atoms with van der Waals surface area (Å²) in [4.78, 5) is 13.0. The molecule has 0 aliphatic rings. The molecular formula is C19H22ClNOS2. The number of amides is 1. The third-order valence-electron chi connectivity index (χ3n) is 3.35. The van der Waals surface area contributed by atoms with Gasteiger partial charge in [-0.1, -0.05) is 41.4 Å². The number of carbonyl (C=O) groups excluding carboxylic acids is 1. The first-order valence-corrected chi connectivity index (χ1v) is 10.4. The fourth-order valence-corrected chi connectivity index (χ4v) is 3.93. The van der Waals surface area contributed by atoms with Gasteiger partial charge < -0.3 is 5.32 Å². The number of carbonyl (C=O) groups is 1. The summed E-state index contributed by atoms with van der Waals surface area (Å²) < 4.78 is 0. The van der Waals surface area contributed by atoms with Gasteiger partial charge in [0, 0.05) is 40.1 Å². The Bertz CT molecular complexity index is 646. The van der Waals surface area contributed by atoms with Crippen LogP contribution in [0.2, 0.25) is 5.02 Å². The van der Waals surface area contributed by atoms with Gasteiger partial charge in [0.05, 0.1) is 0 Å². The Morgan fingerprint density at radius 1 is 1.12 bits per heavy atom. The summed E-state index contributed by atoms with van der Waals surface area (Å²) in [6, 6.07) is 16.3. The van der Waals surface area contributed by atoms with Crippen LogP contribution in [-0.2, 0) is 10.5 Å². The molecule has 0 spiro atoms. The van der Waals surface area contributed by atoms with Crippen LogP contribution in [0, 0.1) is 6.92 Å². The Labute approximate surface area is 157 Å². The quantitative estimate of drug-likeness (QED) is 0.480. The molecule has 24 heavy (non-hydrogen) atoms. The van der Waals surface area contributed by atoms with Gasteiger partial charge in [-0.05, 0) is 36.8 Å². The second-order valence-electron chi connectivity index (χ2n) is 5.44. The first-order valence-electron chi connectivity index (χ1n) is 7.92. The topological polar surface area (TPSA) is 29.1 Å². The number of benzene rings is 2. The summed E-state index contributed by atoms with van der Waals surface area (Å²) >= 11 is 9.48. The highest BCUT2D eigenvalue weighted by atomic mass is 35.5. The molecule has 0 fully saturated rings. The summed E-state index contributed by atoms with van der Waals surface area (Å²) in [5, 5.41) is 3.75. The Balaban J connectivity index is 1.52. The summed E-state index contributed by atoms with van der Waals surface area (Å²) in [5.41, 5.74) is 2.47. The number of rotatable bonds is 9. The fourth-order valence-electron chi connectivity index (χ4n) is 2.06. The van der Waals surface area contributed by atoms with Gasteiger partial charge in [0.2, 0.25) is 5.91 Å². The van der Waals surface area contributed by atoms with Crippen LogP contribution in [0.3, 0.4) is 0 Å². The van der Waals surface area contributed by atoms with Crippen LogP contribution in [0.5, 0.6) is 0 Å². The molecule has 2 nitrogen and oxygen atoms in total. The molecule has 0 saturated heterocycles. The summed E-state index contributed by atoms with van der Waals surface area (Å²) in [6.45, 7) is 2.78. The normalized spacial score (nSPS) is 10.6. The minimum Gasteiger partial charge on any atom is -0.355 e. The first-order chi connectivity index (χ1) is 11.6. The van der Waals surface area contributed by atoms with Crippen molar-refractivity contribution in [3.05, 3.63) is 64.7 Å². The predicted molar refractivity (Wildman–Crippen MR) is 107 cm³/mol. The van der Waals surface area contributed by atoms with Crippen molar-refractivity contribution in [2.75, 3.05) is 18.1 Å². The van der Waals surface area contributed by atoms with E-state index in [1.165, 1.54) is 16.0 Å². The van der Waals surface area contributed by atoms with E-state index in [4.69, 9.17) is 11.6 Å². The van der Waals surface area contributed by atoms with Crippen LogP contribution in [0.1, 0.15) is 17.5 Å². The molecule has 0 radical (unpaired) electrons. The SMILES string of the molecule is Cc1ccc(SCCC(=O)NCCSCc2cccc(Cl)c2)cc1. The molecule has 0 heterocycles. The van der Waals surface area contributed by atoms with Crippen molar-refractivity contribution in [1.82, 2.24) is 5.32 Å². The second-order valence-corrected chi connectivity index (χ2v) is 8.15. The van der Waals surface area contributed by atoms with Gasteiger partial charge in [-0.25, -0.2) is 0 Å². The lowest BCUT2D eigenvalue weighted by atomic mass is 10.2. The predicted octanol–water partition coefficient (Wildman–Crippen LogP) is 5.18. The lowest BCUT2D eigenvalue weighted by Gasteiger charge is -2.06. The standard InChI is InChI=1S/C19H22ClNOS2/c1-15-5-7-18(8-6-15)24-11-9-19(22)21-10-12-23-14-16-3-2-4-17(20)13-16/h2-8,13H,9-12,14H2,1H3,(H,21,22). The van der Waals surface area contributed by atoms with Gasteiger partial charge in [-0.2, -0.15) is 11.8 Å². The van der Waals surface area contributed by atoms with E-state index in [0.29, 0.717) is 13.0 Å². The molecule has 0 bridgehead atoms. The maximum Gasteiger partial charge on any atom is 0.220 e.